The monoisotopic (exact) mass is 194 g/mol. The fraction of sp³-hybridized carbons (Fsp3) is 0.375. The molecule has 0 bridgehead atoms. The molecule has 0 unspecified atom stereocenters. The summed E-state index contributed by atoms with van der Waals surface area (Å²) in [6.07, 6.45) is 3.38. The smallest absolute Gasteiger partial charge is 0.192 e. The zero-order chi connectivity index (χ0) is 10.1. The lowest BCUT2D eigenvalue weighted by molar-refractivity contribution is 0.318. The van der Waals surface area contributed by atoms with Crippen molar-refractivity contribution in [2.24, 2.45) is 10.9 Å². The number of nitrogens with two attached hydrogens (primary N) is 1. The number of hydrogen-bond donors (Lipinski definition) is 3. The molecule has 0 amide bonds. The summed E-state index contributed by atoms with van der Waals surface area (Å²) in [5.74, 6) is 0.627. The van der Waals surface area contributed by atoms with Gasteiger partial charge in [-0.3, -0.25) is 0 Å². The first kappa shape index (κ1) is 8.74. The van der Waals surface area contributed by atoms with Gasteiger partial charge in [0.2, 0.25) is 0 Å². The Morgan fingerprint density at radius 3 is 2.86 bits per heavy atom. The summed E-state index contributed by atoms with van der Waals surface area (Å²) in [5, 5.41) is 20.6. The Morgan fingerprint density at radius 1 is 1.57 bits per heavy atom. The van der Waals surface area contributed by atoms with E-state index in [9.17, 15) is 5.11 Å². The van der Waals surface area contributed by atoms with Crippen LogP contribution in [-0.4, -0.2) is 26.1 Å². The number of rotatable bonds is 2. The maximum Gasteiger partial charge on any atom is 0.192 e. The van der Waals surface area contributed by atoms with Gasteiger partial charge >= 0.3 is 0 Å². The number of oxime groups is 1. The molecule has 6 heteroatoms. The molecule has 6 nitrogen and oxygen atoms in total. The third-order valence-electron chi connectivity index (χ3n) is 2.08. The predicted octanol–water partition coefficient (Wildman–Crippen LogP) is 0.154. The van der Waals surface area contributed by atoms with Crippen LogP contribution in [0.4, 0.5) is 0 Å². The van der Waals surface area contributed by atoms with Gasteiger partial charge < -0.3 is 16.0 Å². The number of nitrogens with zero attached hydrogens (tertiary/aromatic N) is 3. The fourth-order valence-electron chi connectivity index (χ4n) is 1.16. The summed E-state index contributed by atoms with van der Waals surface area (Å²) in [6, 6.07) is 0. The van der Waals surface area contributed by atoms with E-state index in [0.717, 1.165) is 12.8 Å². The summed E-state index contributed by atoms with van der Waals surface area (Å²) in [7, 11) is 0. The lowest BCUT2D eigenvalue weighted by Gasteiger charge is -2.03. The Labute approximate surface area is 80.1 Å². The molecule has 4 N–H and O–H groups in total. The SMILES string of the molecule is N/C(=N/O)c1nc(C2CC2)ncc1O. The molecule has 14 heavy (non-hydrogen) atoms. The summed E-state index contributed by atoms with van der Waals surface area (Å²) in [4.78, 5) is 7.99. The minimum absolute atomic E-state index is 0.0874. The molecule has 0 aromatic carbocycles. The van der Waals surface area contributed by atoms with Crippen molar-refractivity contribution in [3.8, 4) is 5.75 Å². The highest BCUT2D eigenvalue weighted by atomic mass is 16.4. The first-order valence-corrected chi connectivity index (χ1v) is 4.26. The van der Waals surface area contributed by atoms with Gasteiger partial charge in [-0.15, -0.1) is 0 Å². The van der Waals surface area contributed by atoms with E-state index in [4.69, 9.17) is 10.9 Å². The molecule has 1 saturated carbocycles. The molecule has 0 saturated heterocycles. The highest BCUT2D eigenvalue weighted by Gasteiger charge is 2.27. The molecular weight excluding hydrogens is 184 g/mol. The normalized spacial score (nSPS) is 17.0. The second-order valence-electron chi connectivity index (χ2n) is 3.22. The molecule has 1 aliphatic rings. The zero-order valence-electron chi connectivity index (χ0n) is 7.38. The van der Waals surface area contributed by atoms with E-state index in [0.29, 0.717) is 11.7 Å². The summed E-state index contributed by atoms with van der Waals surface area (Å²) in [6.45, 7) is 0. The van der Waals surface area contributed by atoms with E-state index >= 15 is 0 Å². The standard InChI is InChI=1S/C8H10N4O2/c9-7(12-14)6-5(13)3-10-8(11-6)4-1-2-4/h3-4,13-14H,1-2H2,(H2,9,12). The van der Waals surface area contributed by atoms with Crippen LogP contribution in [0.3, 0.4) is 0 Å². The summed E-state index contributed by atoms with van der Waals surface area (Å²) < 4.78 is 0. The van der Waals surface area contributed by atoms with Crippen LogP contribution in [0.5, 0.6) is 5.75 Å². The number of aromatic nitrogens is 2. The van der Waals surface area contributed by atoms with Crippen molar-refractivity contribution in [1.82, 2.24) is 9.97 Å². The van der Waals surface area contributed by atoms with E-state index < -0.39 is 0 Å². The molecule has 0 radical (unpaired) electrons. The second-order valence-corrected chi connectivity index (χ2v) is 3.22. The van der Waals surface area contributed by atoms with Crippen LogP contribution in [0, 0.1) is 0 Å². The van der Waals surface area contributed by atoms with E-state index in [1.54, 1.807) is 0 Å². The number of hydrogen-bond acceptors (Lipinski definition) is 5. The lowest BCUT2D eigenvalue weighted by atomic mass is 10.3. The Hall–Kier alpha value is -1.85. The summed E-state index contributed by atoms with van der Waals surface area (Å²) in [5.41, 5.74) is 5.42. The minimum atomic E-state index is -0.202. The molecule has 1 aromatic heterocycles. The molecule has 74 valence electrons. The van der Waals surface area contributed by atoms with Crippen molar-refractivity contribution >= 4 is 5.84 Å². The largest absolute Gasteiger partial charge is 0.504 e. The molecule has 1 aromatic rings. The molecule has 1 aliphatic carbocycles. The van der Waals surface area contributed by atoms with Gasteiger partial charge in [0.25, 0.3) is 0 Å². The molecule has 0 atom stereocenters. The average molecular weight is 194 g/mol. The van der Waals surface area contributed by atoms with Gasteiger partial charge in [0.1, 0.15) is 5.82 Å². The Balaban J connectivity index is 2.41. The first-order valence-electron chi connectivity index (χ1n) is 4.26. The third-order valence-corrected chi connectivity index (χ3v) is 2.08. The van der Waals surface area contributed by atoms with E-state index in [1.165, 1.54) is 6.20 Å². The lowest BCUT2D eigenvalue weighted by Crippen LogP contribution is -2.16. The third kappa shape index (κ3) is 1.46. The van der Waals surface area contributed by atoms with Crippen molar-refractivity contribution in [3.05, 3.63) is 17.7 Å². The van der Waals surface area contributed by atoms with Crippen LogP contribution in [0.2, 0.25) is 0 Å². The summed E-state index contributed by atoms with van der Waals surface area (Å²) >= 11 is 0. The van der Waals surface area contributed by atoms with Gasteiger partial charge in [-0.25, -0.2) is 9.97 Å². The van der Waals surface area contributed by atoms with Gasteiger partial charge in [0.05, 0.1) is 6.20 Å². The minimum Gasteiger partial charge on any atom is -0.504 e. The molecular formula is C8H10N4O2. The average Bonchev–Trinajstić information content (AvgIpc) is 3.01. The molecule has 0 spiro atoms. The van der Waals surface area contributed by atoms with Crippen molar-refractivity contribution in [2.45, 2.75) is 18.8 Å². The molecule has 1 fully saturated rings. The van der Waals surface area contributed by atoms with Gasteiger partial charge in [-0.2, -0.15) is 0 Å². The van der Waals surface area contributed by atoms with Crippen LogP contribution >= 0.6 is 0 Å². The van der Waals surface area contributed by atoms with Gasteiger partial charge in [-0.05, 0) is 12.8 Å². The fourth-order valence-corrected chi connectivity index (χ4v) is 1.16. The Kier molecular flexibility index (Phi) is 1.95. The van der Waals surface area contributed by atoms with Gasteiger partial charge in [0, 0.05) is 5.92 Å². The molecule has 0 aliphatic heterocycles. The number of amidine groups is 1. The maximum atomic E-state index is 9.34. The quantitative estimate of drug-likeness (QED) is 0.269. The van der Waals surface area contributed by atoms with Crippen LogP contribution in [0.1, 0.15) is 30.3 Å². The van der Waals surface area contributed by atoms with Crippen molar-refractivity contribution in [3.63, 3.8) is 0 Å². The van der Waals surface area contributed by atoms with Crippen molar-refractivity contribution < 1.29 is 10.3 Å². The highest BCUT2D eigenvalue weighted by molar-refractivity contribution is 5.97. The molecule has 1 heterocycles. The maximum absolute atomic E-state index is 9.34. The van der Waals surface area contributed by atoms with Crippen LogP contribution in [0.25, 0.3) is 0 Å². The van der Waals surface area contributed by atoms with Crippen LogP contribution in [0.15, 0.2) is 11.4 Å². The Bertz CT molecular complexity index is 387. The first-order chi connectivity index (χ1) is 6.72. The second kappa shape index (κ2) is 3.13. The highest BCUT2D eigenvalue weighted by Crippen LogP contribution is 2.38. The van der Waals surface area contributed by atoms with Crippen LogP contribution in [-0.2, 0) is 0 Å². The Morgan fingerprint density at radius 2 is 2.29 bits per heavy atom. The number of aromatic hydroxyl groups is 1. The van der Waals surface area contributed by atoms with Gasteiger partial charge in [0.15, 0.2) is 17.3 Å². The van der Waals surface area contributed by atoms with Crippen LogP contribution < -0.4 is 5.73 Å². The van der Waals surface area contributed by atoms with E-state index in [2.05, 4.69) is 15.1 Å². The predicted molar refractivity (Wildman–Crippen MR) is 48.2 cm³/mol. The van der Waals surface area contributed by atoms with Gasteiger partial charge in [-0.1, -0.05) is 5.16 Å². The van der Waals surface area contributed by atoms with Crippen molar-refractivity contribution in [1.29, 1.82) is 0 Å². The molecule has 2 rings (SSSR count). The van der Waals surface area contributed by atoms with E-state index in [-0.39, 0.29) is 17.3 Å². The zero-order valence-corrected chi connectivity index (χ0v) is 7.38. The van der Waals surface area contributed by atoms with E-state index in [1.807, 2.05) is 0 Å². The van der Waals surface area contributed by atoms with Crippen molar-refractivity contribution in [2.75, 3.05) is 0 Å². The topological polar surface area (TPSA) is 105 Å².